The molecular weight excluding hydrogens is 326 g/mol. The van der Waals surface area contributed by atoms with Gasteiger partial charge in [0.15, 0.2) is 0 Å². The van der Waals surface area contributed by atoms with Crippen molar-refractivity contribution in [3.8, 4) is 0 Å². The van der Waals surface area contributed by atoms with Crippen molar-refractivity contribution < 1.29 is 9.59 Å². The van der Waals surface area contributed by atoms with Gasteiger partial charge in [0.1, 0.15) is 5.69 Å². The van der Waals surface area contributed by atoms with E-state index < -0.39 is 5.91 Å². The van der Waals surface area contributed by atoms with E-state index in [-0.39, 0.29) is 5.91 Å². The van der Waals surface area contributed by atoms with Crippen molar-refractivity contribution in [1.29, 1.82) is 0 Å². The molecule has 1 saturated carbocycles. The number of amides is 2. The van der Waals surface area contributed by atoms with Gasteiger partial charge < -0.3 is 15.6 Å². The number of carbonyl (C=O) groups is 2. The minimum Gasteiger partial charge on any atom is -0.366 e. The molecular formula is C21H21N3O2. The van der Waals surface area contributed by atoms with E-state index in [4.69, 9.17) is 5.73 Å². The highest BCUT2D eigenvalue weighted by Gasteiger charge is 2.24. The molecule has 0 unspecified atom stereocenters. The fourth-order valence-corrected chi connectivity index (χ4v) is 3.30. The van der Waals surface area contributed by atoms with Crippen LogP contribution < -0.4 is 11.1 Å². The summed E-state index contributed by atoms with van der Waals surface area (Å²) in [5, 5.41) is 4.02. The Morgan fingerprint density at radius 2 is 1.85 bits per heavy atom. The zero-order valence-corrected chi connectivity index (χ0v) is 14.7. The van der Waals surface area contributed by atoms with Gasteiger partial charge in [-0.3, -0.25) is 9.59 Å². The van der Waals surface area contributed by atoms with Gasteiger partial charge in [0.25, 0.3) is 5.91 Å². The summed E-state index contributed by atoms with van der Waals surface area (Å²) in [7, 11) is 1.93. The molecule has 5 heteroatoms. The van der Waals surface area contributed by atoms with E-state index in [9.17, 15) is 9.59 Å². The normalized spacial score (nSPS) is 13.7. The minimum atomic E-state index is -0.457. The predicted molar refractivity (Wildman–Crippen MR) is 101 cm³/mol. The van der Waals surface area contributed by atoms with E-state index in [1.807, 2.05) is 17.7 Å². The van der Waals surface area contributed by atoms with Crippen LogP contribution >= 0.6 is 0 Å². The molecule has 1 aliphatic rings. The molecule has 5 nitrogen and oxygen atoms in total. The van der Waals surface area contributed by atoms with Gasteiger partial charge in [-0.15, -0.1) is 0 Å². The van der Waals surface area contributed by atoms with Crippen LogP contribution in [0.3, 0.4) is 0 Å². The van der Waals surface area contributed by atoms with Crippen LogP contribution in [0.25, 0.3) is 10.9 Å². The number of benzene rings is 2. The largest absolute Gasteiger partial charge is 0.366 e. The van der Waals surface area contributed by atoms with E-state index in [1.165, 1.54) is 18.4 Å². The van der Waals surface area contributed by atoms with Crippen molar-refractivity contribution in [3.63, 3.8) is 0 Å². The first-order valence-corrected chi connectivity index (χ1v) is 8.79. The monoisotopic (exact) mass is 347 g/mol. The van der Waals surface area contributed by atoms with Crippen molar-refractivity contribution >= 4 is 22.7 Å². The second kappa shape index (κ2) is 6.33. The molecule has 0 spiro atoms. The third kappa shape index (κ3) is 3.08. The fourth-order valence-electron chi connectivity index (χ4n) is 3.30. The Bertz CT molecular complexity index is 998. The second-order valence-corrected chi connectivity index (χ2v) is 6.92. The molecule has 1 aromatic heterocycles. The van der Waals surface area contributed by atoms with Gasteiger partial charge in [-0.05, 0) is 54.2 Å². The lowest BCUT2D eigenvalue weighted by Gasteiger charge is -2.07. The van der Waals surface area contributed by atoms with E-state index in [1.54, 1.807) is 24.3 Å². The van der Waals surface area contributed by atoms with Gasteiger partial charge in [0.2, 0.25) is 5.91 Å². The number of nitrogens with one attached hydrogen (secondary N) is 1. The molecule has 3 aromatic rings. The SMILES string of the molecule is Cn1c(C(=O)NCc2ccc(C(N)=O)cc2)cc2ccc(C3CC3)cc21. The molecule has 1 heterocycles. The Kier molecular flexibility index (Phi) is 3.99. The van der Waals surface area contributed by atoms with Gasteiger partial charge in [-0.2, -0.15) is 0 Å². The average molecular weight is 347 g/mol. The molecule has 0 radical (unpaired) electrons. The first kappa shape index (κ1) is 16.4. The lowest BCUT2D eigenvalue weighted by atomic mass is 10.1. The molecule has 2 aromatic carbocycles. The van der Waals surface area contributed by atoms with Crippen molar-refractivity contribution in [2.75, 3.05) is 0 Å². The predicted octanol–water partition coefficient (Wildman–Crippen LogP) is 3.08. The topological polar surface area (TPSA) is 77.1 Å². The zero-order chi connectivity index (χ0) is 18.3. The Morgan fingerprint density at radius 3 is 2.50 bits per heavy atom. The number of nitrogens with two attached hydrogens (primary N) is 1. The van der Waals surface area contributed by atoms with Crippen LogP contribution in [0, 0.1) is 0 Å². The number of carbonyl (C=O) groups excluding carboxylic acids is 2. The number of primary amides is 1. The maximum Gasteiger partial charge on any atom is 0.268 e. The first-order valence-electron chi connectivity index (χ1n) is 8.79. The Labute approximate surface area is 151 Å². The van der Waals surface area contributed by atoms with Gasteiger partial charge in [0.05, 0.1) is 0 Å². The standard InChI is InChI=1S/C21H21N3O2/c1-24-18-10-16(14-6-7-14)8-9-17(18)11-19(24)21(26)23-12-13-2-4-15(5-3-13)20(22)25/h2-5,8-11,14H,6-7,12H2,1H3,(H2,22,25)(H,23,26). The van der Waals surface area contributed by atoms with E-state index in [2.05, 4.69) is 23.5 Å². The summed E-state index contributed by atoms with van der Waals surface area (Å²) in [6.45, 7) is 0.396. The summed E-state index contributed by atoms with van der Waals surface area (Å²) >= 11 is 0. The van der Waals surface area contributed by atoms with Crippen molar-refractivity contribution in [3.05, 3.63) is 70.9 Å². The van der Waals surface area contributed by atoms with Crippen molar-refractivity contribution in [2.24, 2.45) is 12.8 Å². The van der Waals surface area contributed by atoms with Crippen LogP contribution in [0.5, 0.6) is 0 Å². The van der Waals surface area contributed by atoms with Gasteiger partial charge in [-0.1, -0.05) is 24.3 Å². The summed E-state index contributed by atoms with van der Waals surface area (Å²) in [6.07, 6.45) is 2.52. The van der Waals surface area contributed by atoms with Crippen LogP contribution in [0.1, 0.15) is 50.7 Å². The fraction of sp³-hybridized carbons (Fsp3) is 0.238. The maximum atomic E-state index is 12.6. The first-order chi connectivity index (χ1) is 12.5. The average Bonchev–Trinajstić information content (AvgIpc) is 3.44. The van der Waals surface area contributed by atoms with E-state index in [0.717, 1.165) is 16.5 Å². The summed E-state index contributed by atoms with van der Waals surface area (Å²) in [4.78, 5) is 23.7. The number of hydrogen-bond acceptors (Lipinski definition) is 2. The summed E-state index contributed by atoms with van der Waals surface area (Å²) in [5.41, 5.74) is 9.70. The molecule has 0 saturated heterocycles. The third-order valence-electron chi connectivity index (χ3n) is 5.04. The minimum absolute atomic E-state index is 0.115. The molecule has 0 atom stereocenters. The Hall–Kier alpha value is -3.08. The summed E-state index contributed by atoms with van der Waals surface area (Å²) < 4.78 is 1.95. The van der Waals surface area contributed by atoms with Crippen LogP contribution in [-0.2, 0) is 13.6 Å². The smallest absolute Gasteiger partial charge is 0.268 e. The highest BCUT2D eigenvalue weighted by Crippen LogP contribution is 2.41. The lowest BCUT2D eigenvalue weighted by Crippen LogP contribution is -2.24. The molecule has 132 valence electrons. The van der Waals surface area contributed by atoms with Gasteiger partial charge in [-0.25, -0.2) is 0 Å². The number of rotatable bonds is 5. The van der Waals surface area contributed by atoms with E-state index >= 15 is 0 Å². The number of hydrogen-bond donors (Lipinski definition) is 2. The summed E-state index contributed by atoms with van der Waals surface area (Å²) in [5.74, 6) is 0.118. The van der Waals surface area contributed by atoms with Crippen LogP contribution in [-0.4, -0.2) is 16.4 Å². The van der Waals surface area contributed by atoms with Crippen molar-refractivity contribution in [2.45, 2.75) is 25.3 Å². The van der Waals surface area contributed by atoms with Crippen LogP contribution in [0.2, 0.25) is 0 Å². The molecule has 2 amide bonds. The van der Waals surface area contributed by atoms with Gasteiger partial charge >= 0.3 is 0 Å². The third-order valence-corrected chi connectivity index (χ3v) is 5.04. The molecule has 0 aliphatic heterocycles. The molecule has 3 N–H and O–H groups in total. The Balaban J connectivity index is 1.50. The lowest BCUT2D eigenvalue weighted by molar-refractivity contribution is 0.0941. The van der Waals surface area contributed by atoms with Crippen LogP contribution in [0.15, 0.2) is 48.5 Å². The number of nitrogens with zero attached hydrogens (tertiary/aromatic N) is 1. The molecule has 4 rings (SSSR count). The maximum absolute atomic E-state index is 12.6. The number of fused-ring (bicyclic) bond motifs is 1. The summed E-state index contributed by atoms with van der Waals surface area (Å²) in [6, 6.07) is 15.3. The highest BCUT2D eigenvalue weighted by atomic mass is 16.2. The Morgan fingerprint density at radius 1 is 1.12 bits per heavy atom. The zero-order valence-electron chi connectivity index (χ0n) is 14.7. The van der Waals surface area contributed by atoms with Gasteiger partial charge in [0, 0.05) is 30.1 Å². The highest BCUT2D eigenvalue weighted by molar-refractivity contribution is 5.99. The van der Waals surface area contributed by atoms with Crippen LogP contribution in [0.4, 0.5) is 0 Å². The quantitative estimate of drug-likeness (QED) is 0.744. The van der Waals surface area contributed by atoms with E-state index in [0.29, 0.717) is 23.7 Å². The molecule has 26 heavy (non-hydrogen) atoms. The number of aryl methyl sites for hydroxylation is 1. The molecule has 1 aliphatic carbocycles. The molecule has 0 bridgehead atoms. The number of aromatic nitrogens is 1. The van der Waals surface area contributed by atoms with Crippen molar-refractivity contribution in [1.82, 2.24) is 9.88 Å². The molecule has 1 fully saturated rings. The second-order valence-electron chi connectivity index (χ2n) is 6.92.